The molecule has 20 heavy (non-hydrogen) atoms. The third-order valence-corrected chi connectivity index (χ3v) is 3.45. The zero-order valence-electron chi connectivity index (χ0n) is 11.8. The third kappa shape index (κ3) is 2.68. The summed E-state index contributed by atoms with van der Waals surface area (Å²) in [6.07, 6.45) is 1.81. The molecular weight excluding hydrogens is 252 g/mol. The molecule has 0 saturated carbocycles. The fourth-order valence-electron chi connectivity index (χ4n) is 2.28. The molecule has 3 heterocycles. The molecule has 1 fully saturated rings. The Bertz CT molecular complexity index is 574. The molecule has 104 valence electrons. The van der Waals surface area contributed by atoms with Crippen LogP contribution >= 0.6 is 0 Å². The Morgan fingerprint density at radius 3 is 2.25 bits per heavy atom. The van der Waals surface area contributed by atoms with Crippen molar-refractivity contribution in [3.8, 4) is 0 Å². The molecule has 6 heteroatoms. The normalized spacial score (nSPS) is 15.5. The minimum absolute atomic E-state index is 0.819. The van der Waals surface area contributed by atoms with E-state index in [1.165, 1.54) is 0 Å². The fourth-order valence-corrected chi connectivity index (χ4v) is 2.28. The molecule has 1 aliphatic rings. The van der Waals surface area contributed by atoms with E-state index in [1.807, 2.05) is 38.2 Å². The molecule has 0 N–H and O–H groups in total. The first-order chi connectivity index (χ1) is 9.72. The van der Waals surface area contributed by atoms with Gasteiger partial charge in [-0.3, -0.25) is 0 Å². The standard InChI is InChI=1S/C14H18N6/c1-11-5-6-15-14(16-11)20-9-7-19(8-10-20)13-4-3-12(2)17-18-13/h3-6H,7-10H2,1-2H3. The second kappa shape index (κ2) is 5.40. The van der Waals surface area contributed by atoms with E-state index in [0.717, 1.165) is 49.3 Å². The van der Waals surface area contributed by atoms with Crippen LogP contribution in [-0.4, -0.2) is 46.3 Å². The summed E-state index contributed by atoms with van der Waals surface area (Å²) in [5.41, 5.74) is 1.95. The van der Waals surface area contributed by atoms with Crippen LogP contribution in [0.15, 0.2) is 24.4 Å². The highest BCUT2D eigenvalue weighted by molar-refractivity contribution is 5.41. The Morgan fingerprint density at radius 1 is 0.850 bits per heavy atom. The van der Waals surface area contributed by atoms with Gasteiger partial charge in [0.25, 0.3) is 0 Å². The molecule has 1 saturated heterocycles. The first kappa shape index (κ1) is 12.8. The molecule has 0 unspecified atom stereocenters. The minimum atomic E-state index is 0.819. The summed E-state index contributed by atoms with van der Waals surface area (Å²) in [6, 6.07) is 5.95. The number of rotatable bonds is 2. The van der Waals surface area contributed by atoms with Crippen molar-refractivity contribution in [2.75, 3.05) is 36.0 Å². The lowest BCUT2D eigenvalue weighted by Gasteiger charge is -2.35. The zero-order valence-corrected chi connectivity index (χ0v) is 11.8. The molecule has 1 aliphatic heterocycles. The number of piperazine rings is 1. The van der Waals surface area contributed by atoms with E-state index in [1.54, 1.807) is 0 Å². The van der Waals surface area contributed by atoms with Crippen LogP contribution in [0.2, 0.25) is 0 Å². The third-order valence-electron chi connectivity index (χ3n) is 3.45. The highest BCUT2D eigenvalue weighted by Gasteiger charge is 2.20. The SMILES string of the molecule is Cc1ccc(N2CCN(c3nccc(C)n3)CC2)nn1. The van der Waals surface area contributed by atoms with Crippen LogP contribution in [0.3, 0.4) is 0 Å². The van der Waals surface area contributed by atoms with Gasteiger partial charge in [-0.1, -0.05) is 0 Å². The Morgan fingerprint density at radius 2 is 1.60 bits per heavy atom. The highest BCUT2D eigenvalue weighted by Crippen LogP contribution is 2.15. The van der Waals surface area contributed by atoms with Crippen molar-refractivity contribution in [2.24, 2.45) is 0 Å². The lowest BCUT2D eigenvalue weighted by atomic mass is 10.3. The van der Waals surface area contributed by atoms with Gasteiger partial charge in [-0.2, -0.15) is 5.10 Å². The number of hydrogen-bond donors (Lipinski definition) is 0. The molecule has 0 aliphatic carbocycles. The first-order valence-electron chi connectivity index (χ1n) is 6.82. The predicted octanol–water partition coefficient (Wildman–Crippen LogP) is 1.21. The summed E-state index contributed by atoms with van der Waals surface area (Å²) in [5, 5.41) is 8.35. The number of aromatic nitrogens is 4. The maximum absolute atomic E-state index is 4.47. The summed E-state index contributed by atoms with van der Waals surface area (Å²) in [6.45, 7) is 7.56. The predicted molar refractivity (Wildman–Crippen MR) is 78.0 cm³/mol. The molecule has 6 nitrogen and oxygen atoms in total. The van der Waals surface area contributed by atoms with Crippen LogP contribution in [0.1, 0.15) is 11.4 Å². The monoisotopic (exact) mass is 270 g/mol. The maximum atomic E-state index is 4.47. The van der Waals surface area contributed by atoms with Gasteiger partial charge in [-0.15, -0.1) is 5.10 Å². The zero-order chi connectivity index (χ0) is 13.9. The summed E-state index contributed by atoms with van der Waals surface area (Å²) in [5.74, 6) is 1.76. The Balaban J connectivity index is 1.66. The van der Waals surface area contributed by atoms with Crippen LogP contribution in [0.4, 0.5) is 11.8 Å². The molecule has 2 aromatic heterocycles. The molecular formula is C14H18N6. The van der Waals surface area contributed by atoms with Crippen LogP contribution in [0.5, 0.6) is 0 Å². The van der Waals surface area contributed by atoms with Crippen LogP contribution < -0.4 is 9.80 Å². The molecule has 0 bridgehead atoms. The second-order valence-electron chi connectivity index (χ2n) is 5.01. The Hall–Kier alpha value is -2.24. The molecule has 0 spiro atoms. The van der Waals surface area contributed by atoms with Crippen LogP contribution in [-0.2, 0) is 0 Å². The van der Waals surface area contributed by atoms with Crippen molar-refractivity contribution in [1.29, 1.82) is 0 Å². The van der Waals surface area contributed by atoms with E-state index in [0.29, 0.717) is 0 Å². The van der Waals surface area contributed by atoms with Gasteiger partial charge in [0.05, 0.1) is 5.69 Å². The smallest absolute Gasteiger partial charge is 0.225 e. The van der Waals surface area contributed by atoms with Gasteiger partial charge in [0, 0.05) is 38.1 Å². The van der Waals surface area contributed by atoms with E-state index >= 15 is 0 Å². The van der Waals surface area contributed by atoms with E-state index in [2.05, 4.69) is 30.0 Å². The Kier molecular flexibility index (Phi) is 3.45. The second-order valence-corrected chi connectivity index (χ2v) is 5.01. The molecule has 0 radical (unpaired) electrons. The maximum Gasteiger partial charge on any atom is 0.225 e. The summed E-state index contributed by atoms with van der Waals surface area (Å²) in [7, 11) is 0. The lowest BCUT2D eigenvalue weighted by molar-refractivity contribution is 0.630. The van der Waals surface area contributed by atoms with Crippen LogP contribution in [0, 0.1) is 13.8 Å². The van der Waals surface area contributed by atoms with Crippen molar-refractivity contribution < 1.29 is 0 Å². The van der Waals surface area contributed by atoms with Crippen molar-refractivity contribution in [3.63, 3.8) is 0 Å². The number of hydrogen-bond acceptors (Lipinski definition) is 6. The number of aryl methyl sites for hydroxylation is 2. The van der Waals surface area contributed by atoms with E-state index in [9.17, 15) is 0 Å². The fraction of sp³-hybridized carbons (Fsp3) is 0.429. The van der Waals surface area contributed by atoms with Gasteiger partial charge < -0.3 is 9.80 Å². The first-order valence-corrected chi connectivity index (χ1v) is 6.82. The van der Waals surface area contributed by atoms with E-state index in [4.69, 9.17) is 0 Å². The largest absolute Gasteiger partial charge is 0.352 e. The molecule has 0 aromatic carbocycles. The van der Waals surface area contributed by atoms with Gasteiger partial charge in [-0.25, -0.2) is 9.97 Å². The van der Waals surface area contributed by atoms with Gasteiger partial charge in [0.2, 0.25) is 5.95 Å². The molecule has 3 rings (SSSR count). The average Bonchev–Trinajstić information content (AvgIpc) is 2.48. The van der Waals surface area contributed by atoms with Gasteiger partial charge in [0.15, 0.2) is 5.82 Å². The highest BCUT2D eigenvalue weighted by atomic mass is 15.3. The molecule has 0 amide bonds. The van der Waals surface area contributed by atoms with Gasteiger partial charge in [0.1, 0.15) is 0 Å². The minimum Gasteiger partial charge on any atom is -0.352 e. The van der Waals surface area contributed by atoms with Crippen molar-refractivity contribution in [2.45, 2.75) is 13.8 Å². The molecule has 0 atom stereocenters. The van der Waals surface area contributed by atoms with Crippen molar-refractivity contribution in [1.82, 2.24) is 20.2 Å². The molecule has 2 aromatic rings. The van der Waals surface area contributed by atoms with E-state index < -0.39 is 0 Å². The van der Waals surface area contributed by atoms with Gasteiger partial charge in [-0.05, 0) is 32.0 Å². The quantitative estimate of drug-likeness (QED) is 0.817. The summed E-state index contributed by atoms with van der Waals surface area (Å²) < 4.78 is 0. The number of anilines is 2. The van der Waals surface area contributed by atoms with Crippen molar-refractivity contribution >= 4 is 11.8 Å². The Labute approximate surface area is 118 Å². The van der Waals surface area contributed by atoms with Crippen LogP contribution in [0.25, 0.3) is 0 Å². The summed E-state index contributed by atoms with van der Waals surface area (Å²) >= 11 is 0. The average molecular weight is 270 g/mol. The number of nitrogens with zero attached hydrogens (tertiary/aromatic N) is 6. The van der Waals surface area contributed by atoms with Gasteiger partial charge >= 0.3 is 0 Å². The lowest BCUT2D eigenvalue weighted by Crippen LogP contribution is -2.47. The summed E-state index contributed by atoms with van der Waals surface area (Å²) in [4.78, 5) is 13.3. The van der Waals surface area contributed by atoms with Crippen molar-refractivity contribution in [3.05, 3.63) is 35.8 Å². The van der Waals surface area contributed by atoms with E-state index in [-0.39, 0.29) is 0 Å². The topological polar surface area (TPSA) is 58.0 Å².